The highest BCUT2D eigenvalue weighted by Crippen LogP contribution is 2.38. The Hall–Kier alpha value is -3.46. The number of nitrogens with one attached hydrogen (secondary N) is 1. The Morgan fingerprint density at radius 1 is 1.32 bits per heavy atom. The molecule has 0 bridgehead atoms. The second-order valence-corrected chi connectivity index (χ2v) is 7.89. The molecule has 3 heterocycles. The summed E-state index contributed by atoms with van der Waals surface area (Å²) in [7, 11) is 0. The quantitative estimate of drug-likeness (QED) is 0.464. The molecule has 1 atom stereocenters. The molecule has 3 aromatic heterocycles. The number of nitrogens with two attached hydrogens (primary N) is 1. The number of hydrogen-bond acceptors (Lipinski definition) is 8. The van der Waals surface area contributed by atoms with Crippen LogP contribution in [0.15, 0.2) is 46.2 Å². The van der Waals surface area contributed by atoms with E-state index < -0.39 is 0 Å². The fourth-order valence-electron chi connectivity index (χ4n) is 3.77. The van der Waals surface area contributed by atoms with Crippen LogP contribution in [0.25, 0.3) is 22.2 Å². The Balaban J connectivity index is 1.65. The van der Waals surface area contributed by atoms with Gasteiger partial charge < -0.3 is 15.6 Å². The minimum absolute atomic E-state index is 0.118. The first-order chi connectivity index (χ1) is 15.1. The van der Waals surface area contributed by atoms with Gasteiger partial charge in [-0.1, -0.05) is 29.7 Å². The molecule has 1 aromatic carbocycles. The third kappa shape index (κ3) is 3.40. The SMILES string of the molecule is CC[C@H](Nc1ncnc(N)c1-c1ccon1)c1nc2cccc(Cl)c2c(=O)n1C1CC1. The minimum Gasteiger partial charge on any atom is -0.383 e. The van der Waals surface area contributed by atoms with Gasteiger partial charge in [0, 0.05) is 12.1 Å². The molecule has 1 fully saturated rings. The van der Waals surface area contributed by atoms with Crippen molar-refractivity contribution in [3.63, 3.8) is 0 Å². The van der Waals surface area contributed by atoms with Gasteiger partial charge in [-0.2, -0.15) is 0 Å². The topological polar surface area (TPSA) is 125 Å². The van der Waals surface area contributed by atoms with Crippen LogP contribution in [0.1, 0.15) is 44.1 Å². The smallest absolute Gasteiger partial charge is 0.263 e. The van der Waals surface area contributed by atoms with Gasteiger partial charge in [-0.3, -0.25) is 9.36 Å². The number of aromatic nitrogens is 5. The molecule has 0 amide bonds. The third-order valence-corrected chi connectivity index (χ3v) is 5.73. The van der Waals surface area contributed by atoms with E-state index in [4.69, 9.17) is 26.8 Å². The second-order valence-electron chi connectivity index (χ2n) is 7.48. The minimum atomic E-state index is -0.295. The Morgan fingerprint density at radius 3 is 2.87 bits per heavy atom. The summed E-state index contributed by atoms with van der Waals surface area (Å²) in [6.45, 7) is 2.02. The maximum atomic E-state index is 13.4. The molecule has 10 heteroatoms. The van der Waals surface area contributed by atoms with Gasteiger partial charge >= 0.3 is 0 Å². The van der Waals surface area contributed by atoms with Crippen molar-refractivity contribution in [2.45, 2.75) is 38.3 Å². The Labute approximate surface area is 182 Å². The van der Waals surface area contributed by atoms with Gasteiger partial charge in [0.1, 0.15) is 35.7 Å². The lowest BCUT2D eigenvalue weighted by atomic mass is 10.1. The number of fused-ring (bicyclic) bond motifs is 1. The van der Waals surface area contributed by atoms with Gasteiger partial charge in [0.15, 0.2) is 0 Å². The Kier molecular flexibility index (Phi) is 4.82. The van der Waals surface area contributed by atoms with Crippen molar-refractivity contribution >= 4 is 34.1 Å². The summed E-state index contributed by atoms with van der Waals surface area (Å²) in [5.74, 6) is 1.42. The average Bonchev–Trinajstić information content (AvgIpc) is 3.45. The maximum absolute atomic E-state index is 13.4. The van der Waals surface area contributed by atoms with E-state index in [9.17, 15) is 4.79 Å². The van der Waals surface area contributed by atoms with E-state index in [1.54, 1.807) is 28.8 Å². The zero-order chi connectivity index (χ0) is 21.5. The summed E-state index contributed by atoms with van der Waals surface area (Å²) in [5, 5.41) is 8.24. The highest BCUT2D eigenvalue weighted by Gasteiger charge is 2.31. The van der Waals surface area contributed by atoms with E-state index in [-0.39, 0.29) is 23.5 Å². The van der Waals surface area contributed by atoms with Crippen LogP contribution in [0.3, 0.4) is 0 Å². The molecule has 158 valence electrons. The molecule has 0 spiro atoms. The van der Waals surface area contributed by atoms with Crippen molar-refractivity contribution in [1.29, 1.82) is 0 Å². The number of benzene rings is 1. The summed E-state index contributed by atoms with van der Waals surface area (Å²) < 4.78 is 6.74. The van der Waals surface area contributed by atoms with Crippen LogP contribution in [0.4, 0.5) is 11.6 Å². The monoisotopic (exact) mass is 437 g/mol. The Morgan fingerprint density at radius 2 is 2.16 bits per heavy atom. The van der Waals surface area contributed by atoms with Crippen molar-refractivity contribution < 1.29 is 4.52 Å². The number of nitrogens with zero attached hydrogens (tertiary/aromatic N) is 5. The molecule has 5 rings (SSSR count). The highest BCUT2D eigenvalue weighted by atomic mass is 35.5. The normalized spacial score (nSPS) is 14.6. The van der Waals surface area contributed by atoms with Crippen LogP contribution in [0.5, 0.6) is 0 Å². The number of anilines is 2. The first kappa shape index (κ1) is 19.5. The van der Waals surface area contributed by atoms with E-state index in [2.05, 4.69) is 20.4 Å². The summed E-state index contributed by atoms with van der Waals surface area (Å²) >= 11 is 6.33. The first-order valence-corrected chi connectivity index (χ1v) is 10.4. The molecule has 1 aliphatic carbocycles. The molecule has 0 radical (unpaired) electrons. The van der Waals surface area contributed by atoms with Crippen LogP contribution >= 0.6 is 11.6 Å². The zero-order valence-electron chi connectivity index (χ0n) is 16.7. The largest absolute Gasteiger partial charge is 0.383 e. The van der Waals surface area contributed by atoms with Gasteiger partial charge in [-0.25, -0.2) is 15.0 Å². The van der Waals surface area contributed by atoms with Crippen molar-refractivity contribution in [3.8, 4) is 11.3 Å². The first-order valence-electron chi connectivity index (χ1n) is 10.1. The van der Waals surface area contributed by atoms with Gasteiger partial charge in [0.25, 0.3) is 5.56 Å². The number of halogens is 1. The van der Waals surface area contributed by atoms with Gasteiger partial charge in [-0.05, 0) is 31.4 Å². The van der Waals surface area contributed by atoms with Gasteiger partial charge in [0.2, 0.25) is 0 Å². The van der Waals surface area contributed by atoms with E-state index in [0.717, 1.165) is 12.8 Å². The predicted octanol–water partition coefficient (Wildman–Crippen LogP) is 3.98. The van der Waals surface area contributed by atoms with Crippen LogP contribution < -0.4 is 16.6 Å². The fourth-order valence-corrected chi connectivity index (χ4v) is 4.02. The molecule has 3 N–H and O–H groups in total. The molecule has 0 aliphatic heterocycles. The fraction of sp³-hybridized carbons (Fsp3) is 0.286. The third-order valence-electron chi connectivity index (χ3n) is 5.42. The van der Waals surface area contributed by atoms with Crippen molar-refractivity contribution in [1.82, 2.24) is 24.7 Å². The lowest BCUT2D eigenvalue weighted by molar-refractivity contribution is 0.422. The summed E-state index contributed by atoms with van der Waals surface area (Å²) in [5.41, 5.74) is 7.63. The van der Waals surface area contributed by atoms with E-state index in [0.29, 0.717) is 45.2 Å². The molecule has 4 aromatic rings. The number of nitrogen functional groups attached to an aromatic ring is 1. The predicted molar refractivity (Wildman–Crippen MR) is 118 cm³/mol. The molecule has 1 saturated carbocycles. The summed E-state index contributed by atoms with van der Waals surface area (Å²) in [6.07, 6.45) is 5.38. The standard InChI is InChI=1S/C21H20ClN7O2/c1-2-13(26-19-17(15-8-9-31-28-15)18(23)24-10-25-19)20-27-14-5-3-4-12(22)16(14)21(30)29(20)11-6-7-11/h3-5,8-11,13H,2,6-7H2,1H3,(H3,23,24,25,26)/t13-/m0/s1. The van der Waals surface area contributed by atoms with E-state index in [1.807, 2.05) is 6.92 Å². The van der Waals surface area contributed by atoms with Crippen LogP contribution in [-0.4, -0.2) is 24.7 Å². The molecule has 9 nitrogen and oxygen atoms in total. The molecular formula is C21H20ClN7O2. The second kappa shape index (κ2) is 7.66. The van der Waals surface area contributed by atoms with Crippen LogP contribution in [0.2, 0.25) is 5.02 Å². The van der Waals surface area contributed by atoms with Crippen molar-refractivity contribution in [2.75, 3.05) is 11.1 Å². The van der Waals surface area contributed by atoms with Crippen molar-refractivity contribution in [2.24, 2.45) is 0 Å². The molecule has 0 saturated heterocycles. The lowest BCUT2D eigenvalue weighted by Gasteiger charge is -2.23. The molecular weight excluding hydrogens is 418 g/mol. The summed E-state index contributed by atoms with van der Waals surface area (Å²) in [6, 6.07) is 6.84. The number of rotatable bonds is 6. The molecule has 0 unspecified atom stereocenters. The average molecular weight is 438 g/mol. The molecule has 1 aliphatic rings. The van der Waals surface area contributed by atoms with E-state index >= 15 is 0 Å². The van der Waals surface area contributed by atoms with Gasteiger partial charge in [-0.15, -0.1) is 0 Å². The van der Waals surface area contributed by atoms with Gasteiger partial charge in [0.05, 0.1) is 27.5 Å². The lowest BCUT2D eigenvalue weighted by Crippen LogP contribution is -2.29. The number of hydrogen-bond donors (Lipinski definition) is 2. The maximum Gasteiger partial charge on any atom is 0.263 e. The molecule has 31 heavy (non-hydrogen) atoms. The van der Waals surface area contributed by atoms with Crippen LogP contribution in [-0.2, 0) is 0 Å². The summed E-state index contributed by atoms with van der Waals surface area (Å²) in [4.78, 5) is 26.7. The zero-order valence-corrected chi connectivity index (χ0v) is 17.5. The highest BCUT2D eigenvalue weighted by molar-refractivity contribution is 6.35. The van der Waals surface area contributed by atoms with Crippen molar-refractivity contribution in [3.05, 3.63) is 58.1 Å². The Bertz CT molecular complexity index is 1320. The van der Waals surface area contributed by atoms with E-state index in [1.165, 1.54) is 12.6 Å². The van der Waals surface area contributed by atoms with Crippen LogP contribution in [0, 0.1) is 0 Å².